The maximum atomic E-state index is 11.9. The first-order valence-corrected chi connectivity index (χ1v) is 6.65. The van der Waals surface area contributed by atoms with Gasteiger partial charge in [0.15, 0.2) is 0 Å². The van der Waals surface area contributed by atoms with Crippen molar-refractivity contribution in [2.45, 2.75) is 40.0 Å². The highest BCUT2D eigenvalue weighted by Crippen LogP contribution is 2.20. The van der Waals surface area contributed by atoms with Crippen LogP contribution in [-0.4, -0.2) is 42.2 Å². The highest BCUT2D eigenvalue weighted by atomic mass is 16.3. The van der Waals surface area contributed by atoms with E-state index in [1.807, 2.05) is 6.92 Å². The summed E-state index contributed by atoms with van der Waals surface area (Å²) in [6, 6.07) is 0. The Hall–Kier alpha value is -0.610. The van der Waals surface area contributed by atoms with Crippen molar-refractivity contribution in [3.8, 4) is 0 Å². The van der Waals surface area contributed by atoms with Gasteiger partial charge in [-0.1, -0.05) is 13.8 Å². The molecule has 1 atom stereocenters. The van der Waals surface area contributed by atoms with Crippen LogP contribution in [0.1, 0.15) is 40.0 Å². The van der Waals surface area contributed by atoms with E-state index >= 15 is 0 Å². The molecule has 0 rings (SSSR count). The van der Waals surface area contributed by atoms with Gasteiger partial charge in [0.2, 0.25) is 5.91 Å². The van der Waals surface area contributed by atoms with Crippen LogP contribution in [0.15, 0.2) is 0 Å². The van der Waals surface area contributed by atoms with E-state index in [1.165, 1.54) is 0 Å². The van der Waals surface area contributed by atoms with E-state index in [-0.39, 0.29) is 12.5 Å². The molecule has 0 radical (unpaired) electrons. The van der Waals surface area contributed by atoms with Gasteiger partial charge >= 0.3 is 0 Å². The summed E-state index contributed by atoms with van der Waals surface area (Å²) in [4.78, 5) is 13.6. The zero-order valence-corrected chi connectivity index (χ0v) is 11.5. The number of aliphatic hydroxyl groups excluding tert-OH is 1. The second kappa shape index (κ2) is 9.42. The van der Waals surface area contributed by atoms with Crippen LogP contribution in [-0.2, 0) is 4.79 Å². The third-order valence-corrected chi connectivity index (χ3v) is 3.31. The molecule has 0 heterocycles. The summed E-state index contributed by atoms with van der Waals surface area (Å²) in [6.45, 7) is 8.13. The van der Waals surface area contributed by atoms with Crippen molar-refractivity contribution in [2.75, 3.05) is 26.2 Å². The van der Waals surface area contributed by atoms with Crippen molar-refractivity contribution >= 4 is 5.91 Å². The van der Waals surface area contributed by atoms with E-state index in [9.17, 15) is 4.79 Å². The summed E-state index contributed by atoms with van der Waals surface area (Å²) in [5, 5.41) is 8.86. The normalized spacial score (nSPS) is 12.8. The number of aliphatic hydroxyl groups is 1. The molecule has 102 valence electrons. The van der Waals surface area contributed by atoms with E-state index in [2.05, 4.69) is 13.8 Å². The monoisotopic (exact) mass is 244 g/mol. The molecule has 4 nitrogen and oxygen atoms in total. The lowest BCUT2D eigenvalue weighted by Gasteiger charge is -2.23. The molecule has 0 fully saturated rings. The Labute approximate surface area is 105 Å². The van der Waals surface area contributed by atoms with E-state index in [0.717, 1.165) is 12.8 Å². The maximum absolute atomic E-state index is 11.9. The number of carbonyl (C=O) groups excluding carboxylic acids is 1. The number of nitrogens with two attached hydrogens (primary N) is 1. The lowest BCUT2D eigenvalue weighted by Crippen LogP contribution is -2.33. The van der Waals surface area contributed by atoms with Crippen LogP contribution >= 0.6 is 0 Å². The highest BCUT2D eigenvalue weighted by Gasteiger charge is 2.16. The fraction of sp³-hybridized carbons (Fsp3) is 0.923. The van der Waals surface area contributed by atoms with Gasteiger partial charge in [-0.2, -0.15) is 0 Å². The number of rotatable bonds is 9. The standard InChI is InChI=1S/C13H28N2O2/c1-4-15(9-10-16)13(17)6-5-12(7-8-14)11(2)3/h11-12,16H,4-10,14H2,1-3H3. The number of hydrogen-bond donors (Lipinski definition) is 2. The summed E-state index contributed by atoms with van der Waals surface area (Å²) in [7, 11) is 0. The van der Waals surface area contributed by atoms with Gasteiger partial charge in [0.05, 0.1) is 6.61 Å². The number of likely N-dealkylation sites (N-methyl/N-ethyl adjacent to an activating group) is 1. The smallest absolute Gasteiger partial charge is 0.222 e. The lowest BCUT2D eigenvalue weighted by atomic mass is 9.88. The number of nitrogens with zero attached hydrogens (tertiary/aromatic N) is 1. The van der Waals surface area contributed by atoms with Gasteiger partial charge in [-0.25, -0.2) is 0 Å². The Morgan fingerprint density at radius 2 is 2.00 bits per heavy atom. The molecule has 4 heteroatoms. The zero-order chi connectivity index (χ0) is 13.3. The first kappa shape index (κ1) is 16.4. The zero-order valence-electron chi connectivity index (χ0n) is 11.5. The number of carbonyl (C=O) groups is 1. The molecule has 0 aromatic carbocycles. The lowest BCUT2D eigenvalue weighted by molar-refractivity contribution is -0.131. The van der Waals surface area contributed by atoms with E-state index < -0.39 is 0 Å². The van der Waals surface area contributed by atoms with Crippen LogP contribution in [0.2, 0.25) is 0 Å². The molecule has 0 aromatic heterocycles. The molecule has 0 spiro atoms. The molecule has 1 unspecified atom stereocenters. The summed E-state index contributed by atoms with van der Waals surface area (Å²) >= 11 is 0. The van der Waals surface area contributed by atoms with Crippen molar-refractivity contribution in [1.29, 1.82) is 0 Å². The molecule has 17 heavy (non-hydrogen) atoms. The Morgan fingerprint density at radius 3 is 2.41 bits per heavy atom. The highest BCUT2D eigenvalue weighted by molar-refractivity contribution is 5.76. The second-order valence-electron chi connectivity index (χ2n) is 4.82. The van der Waals surface area contributed by atoms with Crippen molar-refractivity contribution in [3.05, 3.63) is 0 Å². The molecule has 0 aromatic rings. The average Bonchev–Trinajstić information content (AvgIpc) is 2.30. The van der Waals surface area contributed by atoms with Gasteiger partial charge in [-0.05, 0) is 38.1 Å². The molecule has 0 aliphatic rings. The molecule has 0 saturated heterocycles. The van der Waals surface area contributed by atoms with Crippen molar-refractivity contribution in [3.63, 3.8) is 0 Å². The van der Waals surface area contributed by atoms with E-state index in [4.69, 9.17) is 10.8 Å². The first-order chi connectivity index (χ1) is 8.06. The van der Waals surface area contributed by atoms with Crippen molar-refractivity contribution in [1.82, 2.24) is 4.90 Å². The predicted octanol–water partition coefficient (Wildman–Crippen LogP) is 1.23. The maximum Gasteiger partial charge on any atom is 0.222 e. The van der Waals surface area contributed by atoms with Crippen LogP contribution in [0.25, 0.3) is 0 Å². The Balaban J connectivity index is 4.09. The number of hydrogen-bond acceptors (Lipinski definition) is 3. The van der Waals surface area contributed by atoms with Crippen LogP contribution in [0.4, 0.5) is 0 Å². The van der Waals surface area contributed by atoms with Crippen molar-refractivity contribution in [2.24, 2.45) is 17.6 Å². The largest absolute Gasteiger partial charge is 0.395 e. The summed E-state index contributed by atoms with van der Waals surface area (Å²) in [6.07, 6.45) is 2.45. The third kappa shape index (κ3) is 6.64. The molecular weight excluding hydrogens is 216 g/mol. The molecule has 0 aliphatic carbocycles. The van der Waals surface area contributed by atoms with Crippen LogP contribution in [0.5, 0.6) is 0 Å². The van der Waals surface area contributed by atoms with Gasteiger partial charge in [0.25, 0.3) is 0 Å². The molecule has 0 aliphatic heterocycles. The summed E-state index contributed by atoms with van der Waals surface area (Å²) in [5.74, 6) is 1.24. The average molecular weight is 244 g/mol. The molecular formula is C13H28N2O2. The molecule has 3 N–H and O–H groups in total. The van der Waals surface area contributed by atoms with Crippen LogP contribution in [0.3, 0.4) is 0 Å². The van der Waals surface area contributed by atoms with Gasteiger partial charge < -0.3 is 15.7 Å². The molecule has 0 bridgehead atoms. The van der Waals surface area contributed by atoms with Crippen LogP contribution in [0, 0.1) is 11.8 Å². The summed E-state index contributed by atoms with van der Waals surface area (Å²) in [5.41, 5.74) is 5.58. The Bertz CT molecular complexity index is 208. The minimum atomic E-state index is 0.0377. The fourth-order valence-corrected chi connectivity index (χ4v) is 2.07. The van der Waals surface area contributed by atoms with Crippen molar-refractivity contribution < 1.29 is 9.90 Å². The topological polar surface area (TPSA) is 66.6 Å². The van der Waals surface area contributed by atoms with E-state index in [0.29, 0.717) is 37.9 Å². The minimum Gasteiger partial charge on any atom is -0.395 e. The Morgan fingerprint density at radius 1 is 1.35 bits per heavy atom. The van der Waals surface area contributed by atoms with Gasteiger partial charge in [-0.15, -0.1) is 0 Å². The molecule has 1 amide bonds. The summed E-state index contributed by atoms with van der Waals surface area (Å²) < 4.78 is 0. The fourth-order valence-electron chi connectivity index (χ4n) is 2.07. The van der Waals surface area contributed by atoms with Gasteiger partial charge in [0.1, 0.15) is 0 Å². The van der Waals surface area contributed by atoms with Gasteiger partial charge in [-0.3, -0.25) is 4.79 Å². The first-order valence-electron chi connectivity index (χ1n) is 6.65. The van der Waals surface area contributed by atoms with E-state index in [1.54, 1.807) is 4.90 Å². The SMILES string of the molecule is CCN(CCO)C(=O)CCC(CCN)C(C)C. The molecule has 0 saturated carbocycles. The minimum absolute atomic E-state index is 0.0377. The number of amides is 1. The quantitative estimate of drug-likeness (QED) is 0.641. The van der Waals surface area contributed by atoms with Gasteiger partial charge in [0, 0.05) is 19.5 Å². The Kier molecular flexibility index (Phi) is 9.09. The second-order valence-corrected chi connectivity index (χ2v) is 4.82. The van der Waals surface area contributed by atoms with Crippen LogP contribution < -0.4 is 5.73 Å². The third-order valence-electron chi connectivity index (χ3n) is 3.31. The predicted molar refractivity (Wildman–Crippen MR) is 70.6 cm³/mol.